The van der Waals surface area contributed by atoms with Gasteiger partial charge in [0.2, 0.25) is 0 Å². The molecular formula is C14H16Cl2N4O2. The molecule has 0 fully saturated rings. The van der Waals surface area contributed by atoms with Crippen LogP contribution in [0.1, 0.15) is 13.3 Å². The minimum atomic E-state index is -0.381. The van der Waals surface area contributed by atoms with Gasteiger partial charge in [0.25, 0.3) is 0 Å². The zero-order chi connectivity index (χ0) is 16.1. The number of carbonyl (C=O) groups excluding carboxylic acids is 1. The van der Waals surface area contributed by atoms with Gasteiger partial charge in [-0.05, 0) is 31.5 Å². The fraction of sp³-hybridized carbons (Fsp3) is 0.286. The number of anilines is 1. The number of rotatable bonds is 5. The number of amides is 2. The van der Waals surface area contributed by atoms with Gasteiger partial charge in [0.1, 0.15) is 0 Å². The van der Waals surface area contributed by atoms with Gasteiger partial charge in [-0.1, -0.05) is 23.2 Å². The second kappa shape index (κ2) is 7.49. The number of aliphatic hydroxyl groups is 1. The van der Waals surface area contributed by atoms with Crippen LogP contribution in [-0.2, 0) is 0 Å². The Kier molecular flexibility index (Phi) is 5.65. The smallest absolute Gasteiger partial charge is 0.320 e. The van der Waals surface area contributed by atoms with Crippen LogP contribution >= 0.6 is 23.2 Å². The van der Waals surface area contributed by atoms with Crippen molar-refractivity contribution in [3.63, 3.8) is 0 Å². The highest BCUT2D eigenvalue weighted by Gasteiger charge is 2.10. The highest BCUT2D eigenvalue weighted by Crippen LogP contribution is 2.24. The molecule has 0 spiro atoms. The fourth-order valence-electron chi connectivity index (χ4n) is 1.83. The average molecular weight is 343 g/mol. The highest BCUT2D eigenvalue weighted by atomic mass is 35.5. The molecule has 1 heterocycles. The van der Waals surface area contributed by atoms with Crippen molar-refractivity contribution in [1.82, 2.24) is 15.1 Å². The van der Waals surface area contributed by atoms with E-state index in [9.17, 15) is 4.79 Å². The highest BCUT2D eigenvalue weighted by molar-refractivity contribution is 6.35. The lowest BCUT2D eigenvalue weighted by Crippen LogP contribution is -2.36. The van der Waals surface area contributed by atoms with E-state index in [-0.39, 0.29) is 18.7 Å². The molecule has 0 aliphatic rings. The summed E-state index contributed by atoms with van der Waals surface area (Å²) in [5.41, 5.74) is 0.660. The summed E-state index contributed by atoms with van der Waals surface area (Å²) in [5.74, 6) is 0.389. The minimum absolute atomic E-state index is 0.0190. The summed E-state index contributed by atoms with van der Waals surface area (Å²) < 4.78 is 1.55. The first-order valence-corrected chi connectivity index (χ1v) is 7.44. The molecule has 8 heteroatoms. The van der Waals surface area contributed by atoms with E-state index in [2.05, 4.69) is 15.7 Å². The van der Waals surface area contributed by atoms with Crippen molar-refractivity contribution < 1.29 is 9.90 Å². The van der Waals surface area contributed by atoms with Crippen molar-refractivity contribution >= 4 is 35.1 Å². The Morgan fingerprint density at radius 3 is 2.86 bits per heavy atom. The maximum atomic E-state index is 11.8. The second-order valence-corrected chi connectivity index (χ2v) is 5.60. The van der Waals surface area contributed by atoms with E-state index < -0.39 is 0 Å². The fourth-order valence-corrected chi connectivity index (χ4v) is 2.33. The van der Waals surface area contributed by atoms with Crippen molar-refractivity contribution in [2.24, 2.45) is 0 Å². The number of nitrogens with one attached hydrogen (secondary N) is 2. The Bertz CT molecular complexity index is 660. The number of carbonyl (C=O) groups is 1. The third-order valence-electron chi connectivity index (χ3n) is 2.93. The van der Waals surface area contributed by atoms with E-state index in [0.717, 1.165) is 0 Å². The largest absolute Gasteiger partial charge is 0.396 e. The summed E-state index contributed by atoms with van der Waals surface area (Å²) >= 11 is 12.0. The predicted molar refractivity (Wildman–Crippen MR) is 86.9 cm³/mol. The lowest BCUT2D eigenvalue weighted by atomic mass is 10.2. The molecule has 0 bridgehead atoms. The third-order valence-corrected chi connectivity index (χ3v) is 3.46. The molecule has 0 radical (unpaired) electrons. The number of aromatic nitrogens is 2. The number of benzene rings is 1. The van der Waals surface area contributed by atoms with Gasteiger partial charge in [-0.2, -0.15) is 0 Å². The van der Waals surface area contributed by atoms with Crippen molar-refractivity contribution in [3.8, 4) is 5.69 Å². The molecule has 2 amide bonds. The molecule has 1 unspecified atom stereocenters. The van der Waals surface area contributed by atoms with Crippen LogP contribution in [0.15, 0.2) is 30.5 Å². The van der Waals surface area contributed by atoms with Crippen LogP contribution in [0.4, 0.5) is 10.6 Å². The lowest BCUT2D eigenvalue weighted by Gasteiger charge is -2.12. The summed E-state index contributed by atoms with van der Waals surface area (Å²) in [7, 11) is 0. The molecule has 0 aliphatic heterocycles. The molecule has 3 N–H and O–H groups in total. The first kappa shape index (κ1) is 16.6. The van der Waals surface area contributed by atoms with Crippen LogP contribution in [0, 0.1) is 0 Å². The summed E-state index contributed by atoms with van der Waals surface area (Å²) in [5, 5.41) is 19.4. The molecule has 118 valence electrons. The first-order chi connectivity index (χ1) is 10.5. The normalized spacial score (nSPS) is 12.0. The van der Waals surface area contributed by atoms with Gasteiger partial charge >= 0.3 is 6.03 Å². The van der Waals surface area contributed by atoms with Crippen LogP contribution in [0.25, 0.3) is 5.69 Å². The Hall–Kier alpha value is -1.76. The van der Waals surface area contributed by atoms with Crippen molar-refractivity contribution in [2.45, 2.75) is 19.4 Å². The van der Waals surface area contributed by atoms with Crippen LogP contribution in [0.3, 0.4) is 0 Å². The van der Waals surface area contributed by atoms with E-state index in [1.165, 1.54) is 0 Å². The van der Waals surface area contributed by atoms with Gasteiger partial charge in [0, 0.05) is 29.9 Å². The zero-order valence-corrected chi connectivity index (χ0v) is 13.4. The molecule has 1 aromatic carbocycles. The number of hydrogen-bond acceptors (Lipinski definition) is 3. The number of nitrogens with zero attached hydrogens (tertiary/aromatic N) is 2. The second-order valence-electron chi connectivity index (χ2n) is 4.75. The van der Waals surface area contributed by atoms with E-state index in [4.69, 9.17) is 28.3 Å². The minimum Gasteiger partial charge on any atom is -0.396 e. The van der Waals surface area contributed by atoms with Gasteiger partial charge in [0.05, 0.1) is 10.7 Å². The Morgan fingerprint density at radius 1 is 1.41 bits per heavy atom. The Balaban J connectivity index is 2.04. The molecule has 22 heavy (non-hydrogen) atoms. The molecular weight excluding hydrogens is 327 g/mol. The van der Waals surface area contributed by atoms with E-state index in [0.29, 0.717) is 28.0 Å². The summed E-state index contributed by atoms with van der Waals surface area (Å²) in [4.78, 5) is 11.8. The number of aliphatic hydroxyl groups excluding tert-OH is 1. The van der Waals surface area contributed by atoms with Crippen molar-refractivity contribution in [2.75, 3.05) is 11.9 Å². The van der Waals surface area contributed by atoms with Crippen LogP contribution in [-0.4, -0.2) is 33.6 Å². The zero-order valence-electron chi connectivity index (χ0n) is 11.9. The maximum absolute atomic E-state index is 11.8. The quantitative estimate of drug-likeness (QED) is 0.781. The van der Waals surface area contributed by atoms with E-state index in [1.54, 1.807) is 35.1 Å². The number of hydrogen-bond donors (Lipinski definition) is 3. The van der Waals surface area contributed by atoms with Gasteiger partial charge in [-0.15, -0.1) is 5.10 Å². The van der Waals surface area contributed by atoms with Gasteiger partial charge in [0.15, 0.2) is 5.82 Å². The van der Waals surface area contributed by atoms with Crippen molar-refractivity contribution in [1.29, 1.82) is 0 Å². The molecule has 0 saturated heterocycles. The summed E-state index contributed by atoms with van der Waals surface area (Å²) in [6, 6.07) is 6.22. The third kappa shape index (κ3) is 4.37. The van der Waals surface area contributed by atoms with Crippen LogP contribution in [0.5, 0.6) is 0 Å². The van der Waals surface area contributed by atoms with Crippen LogP contribution in [0.2, 0.25) is 10.0 Å². The first-order valence-electron chi connectivity index (χ1n) is 6.69. The molecule has 2 aromatic rings. The van der Waals surface area contributed by atoms with Gasteiger partial charge < -0.3 is 10.4 Å². The Labute approximate surface area is 138 Å². The molecule has 6 nitrogen and oxygen atoms in total. The molecule has 1 aromatic heterocycles. The number of urea groups is 1. The average Bonchev–Trinajstić information content (AvgIpc) is 2.86. The van der Waals surface area contributed by atoms with Gasteiger partial charge in [-0.25, -0.2) is 9.48 Å². The van der Waals surface area contributed by atoms with Crippen molar-refractivity contribution in [3.05, 3.63) is 40.5 Å². The summed E-state index contributed by atoms with van der Waals surface area (Å²) in [6.45, 7) is 1.83. The number of halogens is 2. The topological polar surface area (TPSA) is 79.2 Å². The summed E-state index contributed by atoms with van der Waals surface area (Å²) in [6.07, 6.45) is 2.17. The molecule has 0 aliphatic carbocycles. The Morgan fingerprint density at radius 2 is 2.18 bits per heavy atom. The molecule has 2 rings (SSSR count). The van der Waals surface area contributed by atoms with E-state index >= 15 is 0 Å². The standard InChI is InChI=1S/C14H16Cl2N4O2/c1-9(5-7-21)17-14(22)18-13-4-6-20(19-13)12-3-2-10(15)8-11(12)16/h2-4,6,8-9,21H,5,7H2,1H3,(H2,17,18,19,22). The lowest BCUT2D eigenvalue weighted by molar-refractivity contribution is 0.241. The van der Waals surface area contributed by atoms with E-state index in [1.807, 2.05) is 6.92 Å². The molecule has 1 atom stereocenters. The van der Waals surface area contributed by atoms with Crippen LogP contribution < -0.4 is 10.6 Å². The van der Waals surface area contributed by atoms with Gasteiger partial charge in [-0.3, -0.25) is 5.32 Å². The monoisotopic (exact) mass is 342 g/mol. The predicted octanol–water partition coefficient (Wildman–Crippen LogP) is 3.07. The maximum Gasteiger partial charge on any atom is 0.320 e. The molecule has 0 saturated carbocycles. The SMILES string of the molecule is CC(CCO)NC(=O)Nc1ccn(-c2ccc(Cl)cc2Cl)n1.